The molecule has 0 aliphatic carbocycles. The fourth-order valence-corrected chi connectivity index (χ4v) is 2.03. The van der Waals surface area contributed by atoms with Gasteiger partial charge in [-0.15, -0.1) is 0 Å². The summed E-state index contributed by atoms with van der Waals surface area (Å²) in [6.45, 7) is 4.92. The smallest absolute Gasteiger partial charge is 0.276 e. The SMILES string of the molecule is Cc1cnc2nc(Nc3ccc(OC(C)C)cc3)[nH]n2c1=O.OCO. The first-order chi connectivity index (χ1) is 11.9. The standard InChI is InChI=1S/C15H17N5O2.CH4O2/c1-9(2)22-12-6-4-11(5-7-12)17-14-18-15-16-8-10(3)13(21)20(15)19-14;2-1-3/h4-9H,1-3H3,(H2,16,17,18,19);2-3H,1H2. The maximum atomic E-state index is 11.9. The van der Waals surface area contributed by atoms with E-state index in [2.05, 4.69) is 20.4 Å². The molecule has 3 aromatic rings. The number of aromatic amines is 1. The summed E-state index contributed by atoms with van der Waals surface area (Å²) in [5.41, 5.74) is 1.23. The Bertz CT molecular complexity index is 870. The molecule has 0 spiro atoms. The molecule has 0 unspecified atom stereocenters. The van der Waals surface area contributed by atoms with Crippen molar-refractivity contribution in [2.75, 3.05) is 12.1 Å². The topological polar surface area (TPSA) is 125 Å². The van der Waals surface area contributed by atoms with Crippen LogP contribution in [-0.2, 0) is 0 Å². The molecule has 0 amide bonds. The third-order valence-corrected chi connectivity index (χ3v) is 3.03. The lowest BCUT2D eigenvalue weighted by atomic mass is 10.3. The molecule has 0 fully saturated rings. The number of H-pyrrole nitrogens is 1. The molecule has 9 heteroatoms. The van der Waals surface area contributed by atoms with Gasteiger partial charge >= 0.3 is 0 Å². The average molecular weight is 347 g/mol. The Morgan fingerprint density at radius 2 is 1.92 bits per heavy atom. The minimum absolute atomic E-state index is 0.135. The van der Waals surface area contributed by atoms with E-state index in [0.29, 0.717) is 17.3 Å². The van der Waals surface area contributed by atoms with Crippen LogP contribution in [0.5, 0.6) is 5.75 Å². The molecule has 3 rings (SSSR count). The van der Waals surface area contributed by atoms with E-state index in [1.165, 1.54) is 10.7 Å². The summed E-state index contributed by atoms with van der Waals surface area (Å²) in [7, 11) is 0. The van der Waals surface area contributed by atoms with Crippen LogP contribution in [0.2, 0.25) is 0 Å². The molecule has 0 aliphatic heterocycles. The molecule has 0 radical (unpaired) electrons. The van der Waals surface area contributed by atoms with Crippen LogP contribution in [0.25, 0.3) is 5.78 Å². The number of aliphatic hydroxyl groups excluding tert-OH is 1. The highest BCUT2D eigenvalue weighted by atomic mass is 16.5. The minimum Gasteiger partial charge on any atom is -0.491 e. The van der Waals surface area contributed by atoms with E-state index in [-0.39, 0.29) is 11.7 Å². The van der Waals surface area contributed by atoms with Crippen molar-refractivity contribution in [1.82, 2.24) is 19.6 Å². The third kappa shape index (κ3) is 4.78. The highest BCUT2D eigenvalue weighted by molar-refractivity contribution is 5.55. The maximum Gasteiger partial charge on any atom is 0.276 e. The minimum atomic E-state index is -0.750. The van der Waals surface area contributed by atoms with Crippen molar-refractivity contribution >= 4 is 17.4 Å². The summed E-state index contributed by atoms with van der Waals surface area (Å²) in [5.74, 6) is 1.59. The van der Waals surface area contributed by atoms with Crippen LogP contribution in [0.1, 0.15) is 19.4 Å². The van der Waals surface area contributed by atoms with Gasteiger partial charge in [0.15, 0.2) is 0 Å². The van der Waals surface area contributed by atoms with Crippen LogP contribution in [0.15, 0.2) is 35.3 Å². The predicted octanol–water partition coefficient (Wildman–Crippen LogP) is 1.19. The Kier molecular flexibility index (Phi) is 6.09. The number of rotatable bonds is 4. The Morgan fingerprint density at radius 1 is 1.28 bits per heavy atom. The third-order valence-electron chi connectivity index (χ3n) is 3.03. The van der Waals surface area contributed by atoms with E-state index in [1.807, 2.05) is 38.1 Å². The molecular weight excluding hydrogens is 326 g/mol. The number of hydrogen-bond donors (Lipinski definition) is 4. The molecule has 1 aromatic carbocycles. The molecule has 0 saturated heterocycles. The Morgan fingerprint density at radius 3 is 2.52 bits per heavy atom. The van der Waals surface area contributed by atoms with Crippen LogP contribution in [0.4, 0.5) is 11.6 Å². The summed E-state index contributed by atoms with van der Waals surface area (Å²) in [4.78, 5) is 20.3. The van der Waals surface area contributed by atoms with Crippen LogP contribution in [0.3, 0.4) is 0 Å². The van der Waals surface area contributed by atoms with Gasteiger partial charge in [-0.25, -0.2) is 4.98 Å². The van der Waals surface area contributed by atoms with E-state index >= 15 is 0 Å². The number of benzene rings is 1. The monoisotopic (exact) mass is 347 g/mol. The van der Waals surface area contributed by atoms with Gasteiger partial charge in [-0.2, -0.15) is 9.50 Å². The van der Waals surface area contributed by atoms with Gasteiger partial charge in [-0.3, -0.25) is 9.89 Å². The zero-order valence-corrected chi connectivity index (χ0v) is 14.2. The summed E-state index contributed by atoms with van der Waals surface area (Å²) in [6, 6.07) is 7.51. The van der Waals surface area contributed by atoms with Gasteiger partial charge in [0.25, 0.3) is 11.3 Å². The van der Waals surface area contributed by atoms with Gasteiger partial charge in [-0.05, 0) is 45.0 Å². The first-order valence-corrected chi connectivity index (χ1v) is 7.64. The second-order valence-electron chi connectivity index (χ2n) is 5.41. The molecule has 134 valence electrons. The van der Waals surface area contributed by atoms with Gasteiger partial charge in [-0.1, -0.05) is 0 Å². The van der Waals surface area contributed by atoms with Crippen molar-refractivity contribution in [3.8, 4) is 5.75 Å². The number of aliphatic hydroxyl groups is 2. The summed E-state index contributed by atoms with van der Waals surface area (Å²) in [5, 5.41) is 20.2. The van der Waals surface area contributed by atoms with Crippen LogP contribution in [-0.4, -0.2) is 42.7 Å². The predicted molar refractivity (Wildman–Crippen MR) is 93.1 cm³/mol. The van der Waals surface area contributed by atoms with E-state index in [1.54, 1.807) is 6.92 Å². The Balaban J connectivity index is 0.000000701. The number of aryl methyl sites for hydroxylation is 1. The average Bonchev–Trinajstić information content (AvgIpc) is 2.97. The molecule has 2 aromatic heterocycles. The van der Waals surface area contributed by atoms with Gasteiger partial charge in [0.2, 0.25) is 5.95 Å². The van der Waals surface area contributed by atoms with Gasteiger partial charge in [0.1, 0.15) is 12.5 Å². The number of anilines is 2. The number of nitrogens with zero attached hydrogens (tertiary/aromatic N) is 3. The normalized spacial score (nSPS) is 10.5. The van der Waals surface area contributed by atoms with Gasteiger partial charge in [0, 0.05) is 17.4 Å². The zero-order chi connectivity index (χ0) is 18.4. The van der Waals surface area contributed by atoms with Crippen molar-refractivity contribution in [3.05, 3.63) is 46.4 Å². The van der Waals surface area contributed by atoms with E-state index in [9.17, 15) is 4.79 Å². The summed E-state index contributed by atoms with van der Waals surface area (Å²) >= 11 is 0. The second kappa shape index (κ2) is 8.27. The summed E-state index contributed by atoms with van der Waals surface area (Å²) < 4.78 is 6.90. The molecule has 0 aliphatic rings. The fourth-order valence-electron chi connectivity index (χ4n) is 2.03. The highest BCUT2D eigenvalue weighted by Gasteiger charge is 2.07. The van der Waals surface area contributed by atoms with E-state index < -0.39 is 6.79 Å². The number of ether oxygens (including phenoxy) is 1. The summed E-state index contributed by atoms with van der Waals surface area (Å²) in [6.07, 6.45) is 1.65. The van der Waals surface area contributed by atoms with Gasteiger partial charge < -0.3 is 20.3 Å². The lowest BCUT2D eigenvalue weighted by Gasteiger charge is -2.10. The molecule has 4 N–H and O–H groups in total. The van der Waals surface area contributed by atoms with Crippen molar-refractivity contribution in [2.45, 2.75) is 26.9 Å². The number of hydrogen-bond acceptors (Lipinski definition) is 7. The molecule has 9 nitrogen and oxygen atoms in total. The van der Waals surface area contributed by atoms with E-state index in [4.69, 9.17) is 14.9 Å². The molecule has 0 atom stereocenters. The van der Waals surface area contributed by atoms with Crippen LogP contribution >= 0.6 is 0 Å². The second-order valence-corrected chi connectivity index (χ2v) is 5.41. The first kappa shape index (κ1) is 18.4. The largest absolute Gasteiger partial charge is 0.491 e. The quantitative estimate of drug-likeness (QED) is 0.522. The first-order valence-electron chi connectivity index (χ1n) is 7.64. The highest BCUT2D eigenvalue weighted by Crippen LogP contribution is 2.19. The van der Waals surface area contributed by atoms with Gasteiger partial charge in [0.05, 0.1) is 6.10 Å². The number of aromatic nitrogens is 4. The number of nitrogens with one attached hydrogen (secondary N) is 2. The Labute approximate surface area is 143 Å². The van der Waals surface area contributed by atoms with Crippen molar-refractivity contribution < 1.29 is 14.9 Å². The lowest BCUT2D eigenvalue weighted by molar-refractivity contribution is 0.0773. The van der Waals surface area contributed by atoms with Crippen molar-refractivity contribution in [2.24, 2.45) is 0 Å². The zero-order valence-electron chi connectivity index (χ0n) is 14.2. The molecular formula is C16H21N5O4. The molecule has 0 bridgehead atoms. The number of fused-ring (bicyclic) bond motifs is 1. The van der Waals surface area contributed by atoms with Crippen LogP contribution in [0, 0.1) is 6.92 Å². The van der Waals surface area contributed by atoms with Crippen LogP contribution < -0.4 is 15.6 Å². The molecule has 0 saturated carbocycles. The molecule has 25 heavy (non-hydrogen) atoms. The molecule has 2 heterocycles. The van der Waals surface area contributed by atoms with Crippen molar-refractivity contribution in [3.63, 3.8) is 0 Å². The Hall–Kier alpha value is -2.91. The fraction of sp³-hybridized carbons (Fsp3) is 0.312. The lowest BCUT2D eigenvalue weighted by Crippen LogP contribution is -2.17. The maximum absolute atomic E-state index is 11.9. The van der Waals surface area contributed by atoms with Crippen molar-refractivity contribution in [1.29, 1.82) is 0 Å². The van der Waals surface area contributed by atoms with E-state index in [0.717, 1.165) is 11.4 Å².